The molecule has 1 aromatic carbocycles. The molecule has 0 aliphatic carbocycles. The van der Waals surface area contributed by atoms with E-state index in [9.17, 15) is 19.5 Å². The van der Waals surface area contributed by atoms with E-state index in [0.29, 0.717) is 13.0 Å². The van der Waals surface area contributed by atoms with Crippen molar-refractivity contribution in [2.45, 2.75) is 45.8 Å². The number of hydrogen-bond acceptors (Lipinski definition) is 5. The van der Waals surface area contributed by atoms with Crippen molar-refractivity contribution >= 4 is 18.0 Å². The van der Waals surface area contributed by atoms with Gasteiger partial charge in [-0.25, -0.2) is 4.79 Å². The lowest BCUT2D eigenvalue weighted by Gasteiger charge is -2.38. The topological polar surface area (TPSA) is 116 Å². The fourth-order valence-corrected chi connectivity index (χ4v) is 3.57. The van der Waals surface area contributed by atoms with Gasteiger partial charge in [-0.1, -0.05) is 44.2 Å². The predicted molar refractivity (Wildman–Crippen MR) is 106 cm³/mol. The second-order valence-corrected chi connectivity index (χ2v) is 7.87. The van der Waals surface area contributed by atoms with Crippen LogP contribution in [0.5, 0.6) is 0 Å². The van der Waals surface area contributed by atoms with Crippen molar-refractivity contribution in [2.75, 3.05) is 19.6 Å². The molecule has 1 heterocycles. The van der Waals surface area contributed by atoms with Crippen LogP contribution in [0.15, 0.2) is 30.3 Å². The normalized spacial score (nSPS) is 17.0. The van der Waals surface area contributed by atoms with Gasteiger partial charge >= 0.3 is 18.0 Å². The lowest BCUT2D eigenvalue weighted by molar-refractivity contribution is -0.152. The van der Waals surface area contributed by atoms with Gasteiger partial charge in [0.05, 0.1) is 5.41 Å². The molecule has 1 fully saturated rings. The van der Waals surface area contributed by atoms with Crippen molar-refractivity contribution in [1.29, 1.82) is 0 Å². The molecule has 0 bridgehead atoms. The number of likely N-dealkylation sites (tertiary alicyclic amines) is 1. The highest BCUT2D eigenvalue weighted by Gasteiger charge is 2.42. The summed E-state index contributed by atoms with van der Waals surface area (Å²) in [6.07, 6.45) is -0.170. The molecule has 1 aromatic rings. The number of amides is 1. The Morgan fingerprint density at radius 2 is 1.76 bits per heavy atom. The average molecular weight is 406 g/mol. The van der Waals surface area contributed by atoms with Crippen LogP contribution < -0.4 is 5.32 Å². The Balaban J connectivity index is 1.89. The minimum absolute atomic E-state index is 0.0205. The van der Waals surface area contributed by atoms with Crippen molar-refractivity contribution < 1.29 is 29.3 Å². The van der Waals surface area contributed by atoms with E-state index in [1.807, 2.05) is 44.2 Å². The Hall–Kier alpha value is -2.61. The smallest absolute Gasteiger partial charge is 0.407 e. The van der Waals surface area contributed by atoms with Crippen LogP contribution in [0.3, 0.4) is 0 Å². The molecule has 1 aliphatic rings. The molecule has 1 saturated heterocycles. The summed E-state index contributed by atoms with van der Waals surface area (Å²) in [6, 6.07) is 8.87. The lowest BCUT2D eigenvalue weighted by Crippen LogP contribution is -2.49. The van der Waals surface area contributed by atoms with Crippen molar-refractivity contribution in [3.63, 3.8) is 0 Å². The van der Waals surface area contributed by atoms with Crippen molar-refractivity contribution in [3.05, 3.63) is 35.9 Å². The second-order valence-electron chi connectivity index (χ2n) is 7.87. The molecule has 0 radical (unpaired) electrons. The summed E-state index contributed by atoms with van der Waals surface area (Å²) >= 11 is 0. The third-order valence-electron chi connectivity index (χ3n) is 5.56. The highest BCUT2D eigenvalue weighted by Crippen LogP contribution is 2.35. The molecule has 1 atom stereocenters. The van der Waals surface area contributed by atoms with E-state index in [1.54, 1.807) is 0 Å². The molecule has 1 amide bonds. The molecule has 1 unspecified atom stereocenters. The number of carbonyl (C=O) groups excluding carboxylic acids is 1. The molecule has 8 nitrogen and oxygen atoms in total. The lowest BCUT2D eigenvalue weighted by atomic mass is 9.75. The zero-order valence-electron chi connectivity index (χ0n) is 17.0. The third-order valence-corrected chi connectivity index (χ3v) is 5.56. The Kier molecular flexibility index (Phi) is 8.01. The number of nitrogens with zero attached hydrogens (tertiary/aromatic N) is 1. The van der Waals surface area contributed by atoms with E-state index in [2.05, 4.69) is 5.32 Å². The van der Waals surface area contributed by atoms with Gasteiger partial charge in [0.2, 0.25) is 0 Å². The molecule has 0 aromatic heterocycles. The van der Waals surface area contributed by atoms with E-state index in [4.69, 9.17) is 9.84 Å². The van der Waals surface area contributed by atoms with Crippen molar-refractivity contribution in [1.82, 2.24) is 10.2 Å². The first-order valence-electron chi connectivity index (χ1n) is 9.90. The fraction of sp³-hybridized carbons (Fsp3) is 0.571. The predicted octanol–water partition coefficient (Wildman–Crippen LogP) is 2.58. The number of carbonyl (C=O) groups is 3. The number of benzene rings is 1. The summed E-state index contributed by atoms with van der Waals surface area (Å²) in [5.74, 6) is -1.31. The van der Waals surface area contributed by atoms with Gasteiger partial charge in [-0.05, 0) is 37.3 Å². The van der Waals surface area contributed by atoms with E-state index in [-0.39, 0.29) is 44.4 Å². The van der Waals surface area contributed by atoms with Gasteiger partial charge < -0.3 is 25.2 Å². The van der Waals surface area contributed by atoms with Crippen LogP contribution in [-0.2, 0) is 20.9 Å². The van der Waals surface area contributed by atoms with Gasteiger partial charge in [-0.15, -0.1) is 0 Å². The zero-order chi connectivity index (χ0) is 21.4. The van der Waals surface area contributed by atoms with Gasteiger partial charge in [0.1, 0.15) is 12.6 Å². The Labute approximate surface area is 170 Å². The number of esters is 1. The molecule has 0 saturated carbocycles. The van der Waals surface area contributed by atoms with E-state index in [0.717, 1.165) is 5.56 Å². The molecule has 160 valence electrons. The highest BCUT2D eigenvalue weighted by atomic mass is 16.5. The molecule has 3 N–H and O–H groups in total. The number of rotatable bonds is 9. The first-order chi connectivity index (χ1) is 13.7. The summed E-state index contributed by atoms with van der Waals surface area (Å²) in [4.78, 5) is 36.7. The Morgan fingerprint density at radius 1 is 1.14 bits per heavy atom. The van der Waals surface area contributed by atoms with Gasteiger partial charge in [-0.3, -0.25) is 9.59 Å². The molecule has 1 aliphatic heterocycles. The SMILES string of the molecule is CC(C)C(NCCC1(C(=O)O)CCN(C(=O)O)CC1)C(=O)OCc1ccccc1. The van der Waals surface area contributed by atoms with E-state index < -0.39 is 23.5 Å². The molecule has 0 spiro atoms. The number of nitrogens with one attached hydrogen (secondary N) is 1. The molecular formula is C21H30N2O6. The molecule has 2 rings (SSSR count). The Morgan fingerprint density at radius 3 is 2.28 bits per heavy atom. The largest absolute Gasteiger partial charge is 0.481 e. The maximum Gasteiger partial charge on any atom is 0.407 e. The summed E-state index contributed by atoms with van der Waals surface area (Å²) in [6.45, 7) is 4.74. The van der Waals surface area contributed by atoms with E-state index in [1.165, 1.54) is 4.90 Å². The summed E-state index contributed by atoms with van der Waals surface area (Å²) in [5.41, 5.74) is -0.0765. The second kappa shape index (κ2) is 10.2. The maximum atomic E-state index is 12.5. The average Bonchev–Trinajstić information content (AvgIpc) is 2.70. The highest BCUT2D eigenvalue weighted by molar-refractivity contribution is 5.76. The molecule has 8 heteroatoms. The standard InChI is InChI=1S/C21H30N2O6/c1-15(2)17(18(24)29-14-16-6-4-3-5-7-16)22-11-8-21(19(25)26)9-12-23(13-10-21)20(27)28/h3-7,15,17,22H,8-14H2,1-2H3,(H,25,26)(H,27,28). The number of carboxylic acid groups (broad SMARTS) is 2. The summed E-state index contributed by atoms with van der Waals surface area (Å²) < 4.78 is 5.42. The van der Waals surface area contributed by atoms with Crippen molar-refractivity contribution in [3.8, 4) is 0 Å². The van der Waals surface area contributed by atoms with Gasteiger partial charge in [0.25, 0.3) is 0 Å². The van der Waals surface area contributed by atoms with Gasteiger partial charge in [0.15, 0.2) is 0 Å². The number of ether oxygens (including phenoxy) is 1. The third kappa shape index (κ3) is 6.19. The minimum Gasteiger partial charge on any atom is -0.481 e. The van der Waals surface area contributed by atoms with Gasteiger partial charge in [0, 0.05) is 13.1 Å². The fourth-order valence-electron chi connectivity index (χ4n) is 3.57. The van der Waals surface area contributed by atoms with Crippen LogP contribution in [0.25, 0.3) is 0 Å². The summed E-state index contributed by atoms with van der Waals surface area (Å²) in [7, 11) is 0. The first kappa shape index (κ1) is 22.7. The number of aliphatic carboxylic acids is 1. The quantitative estimate of drug-likeness (QED) is 0.540. The minimum atomic E-state index is -1.02. The summed E-state index contributed by atoms with van der Waals surface area (Å²) in [5, 5.41) is 21.9. The zero-order valence-corrected chi connectivity index (χ0v) is 17.0. The van der Waals surface area contributed by atoms with Crippen LogP contribution in [0.2, 0.25) is 0 Å². The molecule has 29 heavy (non-hydrogen) atoms. The number of hydrogen-bond donors (Lipinski definition) is 3. The van der Waals surface area contributed by atoms with Crippen LogP contribution in [0, 0.1) is 11.3 Å². The Bertz CT molecular complexity index is 698. The van der Waals surface area contributed by atoms with Gasteiger partial charge in [-0.2, -0.15) is 0 Å². The maximum absolute atomic E-state index is 12.5. The number of piperidine rings is 1. The van der Waals surface area contributed by atoms with Crippen molar-refractivity contribution in [2.24, 2.45) is 11.3 Å². The number of carboxylic acids is 1. The van der Waals surface area contributed by atoms with E-state index >= 15 is 0 Å². The van der Waals surface area contributed by atoms with Crippen LogP contribution >= 0.6 is 0 Å². The molecular weight excluding hydrogens is 376 g/mol. The van der Waals surface area contributed by atoms with Crippen LogP contribution in [0.4, 0.5) is 4.79 Å². The van der Waals surface area contributed by atoms with Crippen LogP contribution in [0.1, 0.15) is 38.7 Å². The monoisotopic (exact) mass is 406 g/mol. The van der Waals surface area contributed by atoms with Crippen LogP contribution in [-0.4, -0.2) is 58.8 Å². The first-order valence-corrected chi connectivity index (χ1v) is 9.90.